The zero-order valence-corrected chi connectivity index (χ0v) is 12.8. The lowest BCUT2D eigenvalue weighted by Crippen LogP contribution is -2.18. The van der Waals surface area contributed by atoms with E-state index in [1.807, 2.05) is 0 Å². The third kappa shape index (κ3) is 3.19. The van der Waals surface area contributed by atoms with Crippen LogP contribution in [0.1, 0.15) is 10.4 Å². The van der Waals surface area contributed by atoms with E-state index in [1.165, 1.54) is 25.3 Å². The molecular formula is C17H11ClO5. The molecule has 0 saturated carbocycles. The van der Waals surface area contributed by atoms with Gasteiger partial charge in [0.15, 0.2) is 0 Å². The maximum absolute atomic E-state index is 12.2. The number of hydrogen-bond acceptors (Lipinski definition) is 5. The first-order valence-electron chi connectivity index (χ1n) is 6.66. The minimum Gasteiger partial charge on any atom is -0.497 e. The molecule has 0 amide bonds. The molecule has 5 nitrogen and oxygen atoms in total. The molecule has 0 spiro atoms. The lowest BCUT2D eigenvalue weighted by Gasteiger charge is -2.05. The normalized spacial score (nSPS) is 10.5. The van der Waals surface area contributed by atoms with Crippen molar-refractivity contribution in [2.24, 2.45) is 0 Å². The topological polar surface area (TPSA) is 65.7 Å². The predicted molar refractivity (Wildman–Crippen MR) is 85.4 cm³/mol. The Balaban J connectivity index is 1.97. The first-order valence-corrected chi connectivity index (χ1v) is 7.04. The maximum Gasteiger partial charge on any atom is 0.351 e. The Hall–Kier alpha value is -2.79. The van der Waals surface area contributed by atoms with Crippen LogP contribution in [0.15, 0.2) is 57.7 Å². The Morgan fingerprint density at radius 2 is 1.74 bits per heavy atom. The lowest BCUT2D eigenvalue weighted by atomic mass is 10.2. The number of hydrogen-bond donors (Lipinski definition) is 0. The highest BCUT2D eigenvalue weighted by molar-refractivity contribution is 6.30. The number of methoxy groups -OCH3 is 1. The summed E-state index contributed by atoms with van der Waals surface area (Å²) < 4.78 is 15.4. The second kappa shape index (κ2) is 6.14. The molecule has 6 heteroatoms. The minimum atomic E-state index is -0.800. The fraction of sp³-hybridized carbons (Fsp3) is 0.0588. The van der Waals surface area contributed by atoms with E-state index in [1.54, 1.807) is 30.3 Å². The second-order valence-corrected chi connectivity index (χ2v) is 5.13. The zero-order chi connectivity index (χ0) is 16.4. The van der Waals surface area contributed by atoms with Crippen LogP contribution in [0, 0.1) is 0 Å². The highest BCUT2D eigenvalue weighted by Crippen LogP contribution is 2.21. The molecule has 0 saturated heterocycles. The Kier molecular flexibility index (Phi) is 4.04. The van der Waals surface area contributed by atoms with Crippen molar-refractivity contribution in [2.45, 2.75) is 0 Å². The molecule has 23 heavy (non-hydrogen) atoms. The second-order valence-electron chi connectivity index (χ2n) is 4.69. The minimum absolute atomic E-state index is 0.194. The van der Waals surface area contributed by atoms with Crippen molar-refractivity contribution in [1.29, 1.82) is 0 Å². The number of fused-ring (bicyclic) bond motifs is 1. The van der Waals surface area contributed by atoms with E-state index in [9.17, 15) is 9.59 Å². The van der Waals surface area contributed by atoms with E-state index in [0.717, 1.165) is 0 Å². The van der Waals surface area contributed by atoms with Crippen LogP contribution in [0.3, 0.4) is 0 Å². The lowest BCUT2D eigenvalue weighted by molar-refractivity contribution is 0.0730. The molecule has 3 aromatic rings. The summed E-state index contributed by atoms with van der Waals surface area (Å²) >= 11 is 5.77. The SMILES string of the molecule is COc1ccc2oc(=O)c(C(=O)Oc3ccc(Cl)cc3)cc2c1. The predicted octanol–water partition coefficient (Wildman–Crippen LogP) is 3.67. The van der Waals surface area contributed by atoms with E-state index in [4.69, 9.17) is 25.5 Å². The third-order valence-electron chi connectivity index (χ3n) is 3.18. The van der Waals surface area contributed by atoms with E-state index in [0.29, 0.717) is 21.7 Å². The van der Waals surface area contributed by atoms with E-state index >= 15 is 0 Å². The Morgan fingerprint density at radius 1 is 1.04 bits per heavy atom. The molecule has 1 aromatic heterocycles. The van der Waals surface area contributed by atoms with Gasteiger partial charge in [0, 0.05) is 10.4 Å². The van der Waals surface area contributed by atoms with Crippen molar-refractivity contribution in [3.63, 3.8) is 0 Å². The van der Waals surface area contributed by atoms with Gasteiger partial charge in [-0.25, -0.2) is 9.59 Å². The average molecular weight is 331 g/mol. The molecule has 0 atom stereocenters. The summed E-state index contributed by atoms with van der Waals surface area (Å²) in [5, 5.41) is 1.08. The van der Waals surface area contributed by atoms with Crippen LogP contribution < -0.4 is 15.1 Å². The fourth-order valence-electron chi connectivity index (χ4n) is 2.04. The molecule has 0 fully saturated rings. The number of carbonyl (C=O) groups excluding carboxylic acids is 1. The van der Waals surface area contributed by atoms with Gasteiger partial charge in [-0.05, 0) is 48.5 Å². The molecule has 0 radical (unpaired) electrons. The summed E-state index contributed by atoms with van der Waals surface area (Å²) in [4.78, 5) is 24.1. The maximum atomic E-state index is 12.2. The van der Waals surface area contributed by atoms with E-state index < -0.39 is 11.6 Å². The highest BCUT2D eigenvalue weighted by atomic mass is 35.5. The van der Waals surface area contributed by atoms with Gasteiger partial charge in [0.2, 0.25) is 0 Å². The molecule has 2 aromatic carbocycles. The van der Waals surface area contributed by atoms with Crippen molar-refractivity contribution in [1.82, 2.24) is 0 Å². The van der Waals surface area contributed by atoms with E-state index in [-0.39, 0.29) is 11.3 Å². The quantitative estimate of drug-likeness (QED) is 0.416. The fourth-order valence-corrected chi connectivity index (χ4v) is 2.16. The molecule has 1 heterocycles. The molecule has 0 bridgehead atoms. The first-order chi connectivity index (χ1) is 11.1. The van der Waals surface area contributed by atoms with Crippen LogP contribution in [0.25, 0.3) is 11.0 Å². The van der Waals surface area contributed by atoms with Gasteiger partial charge in [-0.15, -0.1) is 0 Å². The number of esters is 1. The number of halogens is 1. The first kappa shape index (κ1) is 15.1. The Labute approximate surface area is 136 Å². The molecule has 0 N–H and O–H groups in total. The van der Waals surface area contributed by atoms with Crippen molar-refractivity contribution >= 4 is 28.5 Å². The van der Waals surface area contributed by atoms with Crippen LogP contribution >= 0.6 is 11.6 Å². The van der Waals surface area contributed by atoms with Gasteiger partial charge in [0.25, 0.3) is 0 Å². The third-order valence-corrected chi connectivity index (χ3v) is 3.44. The average Bonchev–Trinajstić information content (AvgIpc) is 2.55. The molecule has 116 valence electrons. The molecular weight excluding hydrogens is 320 g/mol. The summed E-state index contributed by atoms with van der Waals surface area (Å²) in [5.74, 6) is 0.0682. The monoisotopic (exact) mass is 330 g/mol. The van der Waals surface area contributed by atoms with Crippen LogP contribution in [-0.4, -0.2) is 13.1 Å². The number of carbonyl (C=O) groups is 1. The molecule has 0 aliphatic rings. The smallest absolute Gasteiger partial charge is 0.351 e. The van der Waals surface area contributed by atoms with Crippen molar-refractivity contribution in [2.75, 3.05) is 7.11 Å². The summed E-state index contributed by atoms with van der Waals surface area (Å²) in [6.07, 6.45) is 0. The van der Waals surface area contributed by atoms with Crippen molar-refractivity contribution in [3.05, 3.63) is 69.5 Å². The Morgan fingerprint density at radius 3 is 2.43 bits per heavy atom. The molecule has 0 aliphatic heterocycles. The highest BCUT2D eigenvalue weighted by Gasteiger charge is 2.16. The van der Waals surface area contributed by atoms with Gasteiger partial charge < -0.3 is 13.9 Å². The van der Waals surface area contributed by atoms with Crippen molar-refractivity contribution < 1.29 is 18.7 Å². The largest absolute Gasteiger partial charge is 0.497 e. The van der Waals surface area contributed by atoms with Crippen LogP contribution in [0.5, 0.6) is 11.5 Å². The van der Waals surface area contributed by atoms with E-state index in [2.05, 4.69) is 0 Å². The Bertz CT molecular complexity index is 928. The number of ether oxygens (including phenoxy) is 2. The molecule has 0 unspecified atom stereocenters. The van der Waals surface area contributed by atoms with Crippen molar-refractivity contribution in [3.8, 4) is 11.5 Å². The van der Waals surface area contributed by atoms with Crippen LogP contribution in [0.4, 0.5) is 0 Å². The standard InChI is InChI=1S/C17H11ClO5/c1-21-13-6-7-15-10(8-13)9-14(17(20)23-15)16(19)22-12-4-2-11(18)3-5-12/h2-9H,1H3. The van der Waals surface area contributed by atoms with Crippen LogP contribution in [0.2, 0.25) is 5.02 Å². The van der Waals surface area contributed by atoms with Crippen LogP contribution in [-0.2, 0) is 0 Å². The molecule has 3 rings (SSSR count). The van der Waals surface area contributed by atoms with Gasteiger partial charge in [-0.2, -0.15) is 0 Å². The summed E-state index contributed by atoms with van der Waals surface area (Å²) in [5.41, 5.74) is -0.596. The van der Waals surface area contributed by atoms with Gasteiger partial charge in [0.05, 0.1) is 7.11 Å². The number of benzene rings is 2. The molecule has 0 aliphatic carbocycles. The van der Waals surface area contributed by atoms with Gasteiger partial charge in [-0.1, -0.05) is 11.6 Å². The summed E-state index contributed by atoms with van der Waals surface area (Å²) in [6.45, 7) is 0. The van der Waals surface area contributed by atoms with Gasteiger partial charge >= 0.3 is 11.6 Å². The summed E-state index contributed by atoms with van der Waals surface area (Å²) in [6, 6.07) is 12.6. The number of rotatable bonds is 3. The van der Waals surface area contributed by atoms with Gasteiger partial charge in [-0.3, -0.25) is 0 Å². The van der Waals surface area contributed by atoms with Gasteiger partial charge in [0.1, 0.15) is 22.6 Å². The zero-order valence-electron chi connectivity index (χ0n) is 12.0. The summed E-state index contributed by atoms with van der Waals surface area (Å²) in [7, 11) is 1.52.